The fourth-order valence-corrected chi connectivity index (χ4v) is 5.11. The first-order chi connectivity index (χ1) is 15.8. The van der Waals surface area contributed by atoms with Gasteiger partial charge in [0.15, 0.2) is 11.5 Å². The van der Waals surface area contributed by atoms with E-state index in [1.54, 1.807) is 61.7 Å². The molecule has 1 unspecified atom stereocenters. The Labute approximate surface area is 202 Å². The Balaban J connectivity index is 1.86. The smallest absolute Gasteiger partial charge is 0.264 e. The van der Waals surface area contributed by atoms with Gasteiger partial charge in [0.1, 0.15) is 6.54 Å². The summed E-state index contributed by atoms with van der Waals surface area (Å²) in [6, 6.07) is 19.8. The molecule has 0 aliphatic rings. The summed E-state index contributed by atoms with van der Waals surface area (Å²) in [5.41, 5.74) is 1.17. The SMILES string of the molecule is COc1ccc(C(C)NC(=O)CN(c2cccc(Br)c2)S(=O)(=O)c2ccccc2)cc1OC. The van der Waals surface area contributed by atoms with Crippen molar-refractivity contribution in [1.82, 2.24) is 5.32 Å². The summed E-state index contributed by atoms with van der Waals surface area (Å²) < 4.78 is 39.2. The van der Waals surface area contributed by atoms with Crippen molar-refractivity contribution in [3.05, 3.63) is 82.8 Å². The number of rotatable bonds is 9. The van der Waals surface area contributed by atoms with Gasteiger partial charge in [0.2, 0.25) is 5.91 Å². The van der Waals surface area contributed by atoms with Crippen molar-refractivity contribution in [3.63, 3.8) is 0 Å². The molecule has 3 aromatic rings. The molecule has 0 aliphatic carbocycles. The summed E-state index contributed by atoms with van der Waals surface area (Å²) in [7, 11) is -0.886. The lowest BCUT2D eigenvalue weighted by molar-refractivity contribution is -0.120. The molecule has 0 bridgehead atoms. The fourth-order valence-electron chi connectivity index (χ4n) is 3.29. The van der Waals surface area contributed by atoms with Crippen LogP contribution in [0.3, 0.4) is 0 Å². The summed E-state index contributed by atoms with van der Waals surface area (Å²) in [5, 5.41) is 2.87. The number of hydrogen-bond donors (Lipinski definition) is 1. The van der Waals surface area contributed by atoms with Gasteiger partial charge in [-0.3, -0.25) is 9.10 Å². The van der Waals surface area contributed by atoms with Gasteiger partial charge >= 0.3 is 0 Å². The van der Waals surface area contributed by atoms with Gasteiger partial charge in [0, 0.05) is 4.47 Å². The number of hydrogen-bond acceptors (Lipinski definition) is 5. The third-order valence-corrected chi connectivity index (χ3v) is 7.28. The number of carbonyl (C=O) groups is 1. The molecule has 0 fully saturated rings. The van der Waals surface area contributed by atoms with E-state index in [-0.39, 0.29) is 17.5 Å². The zero-order valence-electron chi connectivity index (χ0n) is 18.5. The minimum absolute atomic E-state index is 0.103. The largest absolute Gasteiger partial charge is 0.493 e. The number of amides is 1. The van der Waals surface area contributed by atoms with Crippen molar-refractivity contribution in [1.29, 1.82) is 0 Å². The van der Waals surface area contributed by atoms with Crippen LogP contribution in [0.15, 0.2) is 82.2 Å². The van der Waals surface area contributed by atoms with Gasteiger partial charge in [0.25, 0.3) is 10.0 Å². The lowest BCUT2D eigenvalue weighted by Crippen LogP contribution is -2.41. The highest BCUT2D eigenvalue weighted by Crippen LogP contribution is 2.30. The van der Waals surface area contributed by atoms with E-state index in [4.69, 9.17) is 9.47 Å². The first-order valence-electron chi connectivity index (χ1n) is 10.1. The van der Waals surface area contributed by atoms with Crippen molar-refractivity contribution in [2.75, 3.05) is 25.1 Å². The monoisotopic (exact) mass is 532 g/mol. The molecule has 0 aromatic heterocycles. The second-order valence-corrected chi connectivity index (χ2v) is 9.99. The van der Waals surface area contributed by atoms with E-state index in [1.807, 2.05) is 13.0 Å². The van der Waals surface area contributed by atoms with Gasteiger partial charge < -0.3 is 14.8 Å². The molecule has 1 amide bonds. The van der Waals surface area contributed by atoms with Crippen LogP contribution in [0.5, 0.6) is 11.5 Å². The topological polar surface area (TPSA) is 84.9 Å². The minimum Gasteiger partial charge on any atom is -0.493 e. The maximum Gasteiger partial charge on any atom is 0.264 e. The third kappa shape index (κ3) is 5.85. The van der Waals surface area contributed by atoms with Gasteiger partial charge in [-0.1, -0.05) is 46.3 Å². The molecule has 1 atom stereocenters. The summed E-state index contributed by atoms with van der Waals surface area (Å²) in [6.07, 6.45) is 0. The molecule has 174 valence electrons. The Hall–Kier alpha value is -3.04. The first kappa shape index (κ1) is 24.6. The van der Waals surface area contributed by atoms with Crippen LogP contribution in [0.25, 0.3) is 0 Å². The molecule has 1 N–H and O–H groups in total. The minimum atomic E-state index is -3.97. The predicted molar refractivity (Wildman–Crippen MR) is 131 cm³/mol. The quantitative estimate of drug-likeness (QED) is 0.437. The Morgan fingerprint density at radius 2 is 1.67 bits per heavy atom. The van der Waals surface area contributed by atoms with Crippen molar-refractivity contribution in [2.45, 2.75) is 17.9 Å². The molecule has 0 heterocycles. The summed E-state index contributed by atoms with van der Waals surface area (Å²) >= 11 is 3.37. The van der Waals surface area contributed by atoms with Gasteiger partial charge in [-0.05, 0) is 55.0 Å². The van der Waals surface area contributed by atoms with Crippen molar-refractivity contribution in [2.24, 2.45) is 0 Å². The third-order valence-electron chi connectivity index (χ3n) is 5.00. The number of nitrogens with one attached hydrogen (secondary N) is 1. The lowest BCUT2D eigenvalue weighted by atomic mass is 10.1. The number of carbonyl (C=O) groups excluding carboxylic acids is 1. The number of anilines is 1. The fraction of sp³-hybridized carbons (Fsp3) is 0.208. The second-order valence-electron chi connectivity index (χ2n) is 7.21. The van der Waals surface area contributed by atoms with Gasteiger partial charge in [-0.25, -0.2) is 8.42 Å². The van der Waals surface area contributed by atoms with Crippen LogP contribution in [0.4, 0.5) is 5.69 Å². The molecule has 33 heavy (non-hydrogen) atoms. The van der Waals surface area contributed by atoms with Crippen LogP contribution >= 0.6 is 15.9 Å². The van der Waals surface area contributed by atoms with Gasteiger partial charge in [0.05, 0.1) is 30.8 Å². The van der Waals surface area contributed by atoms with E-state index in [1.165, 1.54) is 19.2 Å². The number of ether oxygens (including phenoxy) is 2. The average Bonchev–Trinajstić information content (AvgIpc) is 2.82. The van der Waals surface area contributed by atoms with E-state index < -0.39 is 15.9 Å². The van der Waals surface area contributed by atoms with E-state index >= 15 is 0 Å². The Morgan fingerprint density at radius 1 is 0.970 bits per heavy atom. The number of halogens is 1. The maximum absolute atomic E-state index is 13.4. The van der Waals surface area contributed by atoms with Gasteiger partial charge in [-0.2, -0.15) is 0 Å². The van der Waals surface area contributed by atoms with Crippen LogP contribution in [0.1, 0.15) is 18.5 Å². The zero-order chi connectivity index (χ0) is 24.0. The van der Waals surface area contributed by atoms with Crippen LogP contribution in [-0.2, 0) is 14.8 Å². The highest BCUT2D eigenvalue weighted by Gasteiger charge is 2.27. The van der Waals surface area contributed by atoms with E-state index in [9.17, 15) is 13.2 Å². The molecule has 7 nitrogen and oxygen atoms in total. The van der Waals surface area contributed by atoms with Crippen molar-refractivity contribution in [3.8, 4) is 11.5 Å². The normalized spacial score (nSPS) is 12.0. The molecule has 9 heteroatoms. The molecule has 0 saturated carbocycles. The van der Waals surface area contributed by atoms with Crippen molar-refractivity contribution < 1.29 is 22.7 Å². The highest BCUT2D eigenvalue weighted by atomic mass is 79.9. The van der Waals surface area contributed by atoms with Crippen LogP contribution in [0, 0.1) is 0 Å². The summed E-state index contributed by atoms with van der Waals surface area (Å²) in [4.78, 5) is 13.1. The van der Waals surface area contributed by atoms with Gasteiger partial charge in [-0.15, -0.1) is 0 Å². The van der Waals surface area contributed by atoms with E-state index in [0.29, 0.717) is 21.7 Å². The number of methoxy groups -OCH3 is 2. The first-order valence-corrected chi connectivity index (χ1v) is 12.3. The molecule has 3 aromatic carbocycles. The predicted octanol–water partition coefficient (Wildman–Crippen LogP) is 4.54. The molecular formula is C24H25BrN2O5S. The maximum atomic E-state index is 13.4. The van der Waals surface area contributed by atoms with Crippen molar-refractivity contribution >= 4 is 37.5 Å². The molecular weight excluding hydrogens is 508 g/mol. The number of sulfonamides is 1. The zero-order valence-corrected chi connectivity index (χ0v) is 20.9. The van der Waals surface area contributed by atoms with Crippen LogP contribution in [-0.4, -0.2) is 35.1 Å². The Kier molecular flexibility index (Phi) is 7.99. The molecule has 0 spiro atoms. The average molecular weight is 533 g/mol. The van der Waals surface area contributed by atoms with Crippen LogP contribution in [0.2, 0.25) is 0 Å². The Morgan fingerprint density at radius 3 is 2.30 bits per heavy atom. The lowest BCUT2D eigenvalue weighted by Gasteiger charge is -2.25. The summed E-state index contributed by atoms with van der Waals surface area (Å²) in [6.45, 7) is 1.43. The molecule has 3 rings (SSSR count). The summed E-state index contributed by atoms with van der Waals surface area (Å²) in [5.74, 6) is 0.671. The second kappa shape index (κ2) is 10.7. The van der Waals surface area contributed by atoms with E-state index in [0.717, 1.165) is 9.87 Å². The van der Waals surface area contributed by atoms with E-state index in [2.05, 4.69) is 21.2 Å². The highest BCUT2D eigenvalue weighted by molar-refractivity contribution is 9.10. The molecule has 0 saturated heterocycles. The number of benzene rings is 3. The Bertz CT molecular complexity index is 1220. The molecule has 0 radical (unpaired) electrons. The molecule has 0 aliphatic heterocycles. The number of nitrogens with zero attached hydrogens (tertiary/aromatic N) is 1. The van der Waals surface area contributed by atoms with Crippen LogP contribution < -0.4 is 19.1 Å². The standard InChI is InChI=1S/C24H25BrN2O5S/c1-17(18-12-13-22(31-2)23(14-18)32-3)26-24(28)16-27(20-9-7-8-19(25)15-20)33(29,30)21-10-5-4-6-11-21/h4-15,17H,16H2,1-3H3,(H,26,28).